The average molecular weight is 280 g/mol. The molecule has 20 heavy (non-hydrogen) atoms. The lowest BCUT2D eigenvalue weighted by Crippen LogP contribution is -2.15. The van der Waals surface area contributed by atoms with Gasteiger partial charge in [0.15, 0.2) is 0 Å². The van der Waals surface area contributed by atoms with Gasteiger partial charge in [-0.3, -0.25) is 4.79 Å². The van der Waals surface area contributed by atoms with Crippen molar-refractivity contribution in [3.8, 4) is 11.5 Å². The molecule has 0 unspecified atom stereocenters. The summed E-state index contributed by atoms with van der Waals surface area (Å²) in [5.41, 5.74) is 0.190. The Kier molecular flexibility index (Phi) is 5.58. The topological polar surface area (TPSA) is 82.1 Å². The molecule has 6 nitrogen and oxygen atoms in total. The summed E-state index contributed by atoms with van der Waals surface area (Å²) in [6.07, 6.45) is 0.776. The van der Waals surface area contributed by atoms with Gasteiger partial charge < -0.3 is 19.3 Å². The Bertz CT molecular complexity index is 510. The zero-order chi connectivity index (χ0) is 15.1. The number of aliphatic hydroxyl groups is 1. The van der Waals surface area contributed by atoms with Gasteiger partial charge in [-0.1, -0.05) is 6.07 Å². The smallest absolute Gasteiger partial charge is 0.379 e. The second-order valence-electron chi connectivity index (χ2n) is 3.65. The number of ketones is 1. The maximum atomic E-state index is 11.5. The molecule has 1 rings (SSSR count). The summed E-state index contributed by atoms with van der Waals surface area (Å²) in [6.45, 7) is 1.66. The number of benzene rings is 1. The van der Waals surface area contributed by atoms with Gasteiger partial charge in [-0.2, -0.15) is 0 Å². The average Bonchev–Trinajstić information content (AvgIpc) is 2.46. The lowest BCUT2D eigenvalue weighted by molar-refractivity contribution is -0.151. The van der Waals surface area contributed by atoms with E-state index in [1.807, 2.05) is 0 Å². The SMILES string of the molecule is CCOC(=O)C(=O)C=C(O)c1c(OC)cccc1OC. The number of esters is 1. The molecule has 108 valence electrons. The van der Waals surface area contributed by atoms with E-state index < -0.39 is 17.5 Å². The third kappa shape index (κ3) is 3.50. The fraction of sp³-hybridized carbons (Fsp3) is 0.286. The van der Waals surface area contributed by atoms with E-state index in [9.17, 15) is 14.7 Å². The first kappa shape index (κ1) is 15.6. The molecule has 0 aliphatic rings. The monoisotopic (exact) mass is 280 g/mol. The molecule has 0 aliphatic carbocycles. The second kappa shape index (κ2) is 7.18. The summed E-state index contributed by atoms with van der Waals surface area (Å²) in [6, 6.07) is 4.86. The van der Waals surface area contributed by atoms with Gasteiger partial charge >= 0.3 is 5.97 Å². The Hall–Kier alpha value is -2.50. The maximum Gasteiger partial charge on any atom is 0.379 e. The van der Waals surface area contributed by atoms with Crippen molar-refractivity contribution in [2.45, 2.75) is 6.92 Å². The van der Waals surface area contributed by atoms with E-state index in [0.29, 0.717) is 11.5 Å². The molecule has 0 atom stereocenters. The summed E-state index contributed by atoms with van der Waals surface area (Å²) in [5, 5.41) is 10.0. The van der Waals surface area contributed by atoms with Crippen LogP contribution in [0.25, 0.3) is 5.76 Å². The number of aliphatic hydroxyl groups excluding tert-OH is 1. The van der Waals surface area contributed by atoms with Crippen molar-refractivity contribution in [1.82, 2.24) is 0 Å². The Balaban J connectivity index is 3.16. The van der Waals surface area contributed by atoms with Crippen molar-refractivity contribution in [1.29, 1.82) is 0 Å². The molecular formula is C14H16O6. The van der Waals surface area contributed by atoms with Crippen LogP contribution in [0.2, 0.25) is 0 Å². The third-order valence-electron chi connectivity index (χ3n) is 2.43. The number of rotatable bonds is 6. The molecule has 6 heteroatoms. The van der Waals surface area contributed by atoms with Gasteiger partial charge in [0.2, 0.25) is 0 Å². The number of carbonyl (C=O) groups is 2. The predicted molar refractivity (Wildman–Crippen MR) is 71.8 cm³/mol. The van der Waals surface area contributed by atoms with Gasteiger partial charge in [0.1, 0.15) is 22.8 Å². The quantitative estimate of drug-likeness (QED) is 0.370. The number of carbonyl (C=O) groups excluding carboxylic acids is 2. The molecule has 0 saturated carbocycles. The normalized spacial score (nSPS) is 10.8. The highest BCUT2D eigenvalue weighted by Gasteiger charge is 2.18. The zero-order valence-electron chi connectivity index (χ0n) is 11.5. The van der Waals surface area contributed by atoms with Crippen molar-refractivity contribution in [2.24, 2.45) is 0 Å². The molecule has 1 aromatic rings. The van der Waals surface area contributed by atoms with E-state index in [1.165, 1.54) is 14.2 Å². The van der Waals surface area contributed by atoms with Crippen LogP contribution in [0.15, 0.2) is 24.3 Å². The molecule has 0 bridgehead atoms. The largest absolute Gasteiger partial charge is 0.507 e. The number of ether oxygens (including phenoxy) is 3. The number of methoxy groups -OCH3 is 2. The van der Waals surface area contributed by atoms with Gasteiger partial charge in [-0.25, -0.2) is 4.79 Å². The predicted octanol–water partition coefficient (Wildman–Crippen LogP) is 1.73. The van der Waals surface area contributed by atoms with Gasteiger partial charge in [0, 0.05) is 6.08 Å². The summed E-state index contributed by atoms with van der Waals surface area (Å²) < 4.78 is 14.7. The molecule has 0 fully saturated rings. The third-order valence-corrected chi connectivity index (χ3v) is 2.43. The van der Waals surface area contributed by atoms with Crippen LogP contribution in [0.4, 0.5) is 0 Å². The molecule has 0 aliphatic heterocycles. The van der Waals surface area contributed by atoms with Gasteiger partial charge in [0.25, 0.3) is 5.78 Å². The molecule has 0 saturated heterocycles. The Labute approximate surface area is 116 Å². The van der Waals surface area contributed by atoms with Crippen LogP contribution in [-0.4, -0.2) is 37.7 Å². The summed E-state index contributed by atoms with van der Waals surface area (Å²) in [7, 11) is 2.83. The molecule has 0 heterocycles. The van der Waals surface area contributed by atoms with Crippen LogP contribution >= 0.6 is 0 Å². The zero-order valence-corrected chi connectivity index (χ0v) is 11.5. The Morgan fingerprint density at radius 3 is 2.20 bits per heavy atom. The highest BCUT2D eigenvalue weighted by Crippen LogP contribution is 2.33. The minimum atomic E-state index is -1.03. The fourth-order valence-electron chi connectivity index (χ4n) is 1.56. The summed E-state index contributed by atoms with van der Waals surface area (Å²) in [5.74, 6) is -1.80. The van der Waals surface area contributed by atoms with Crippen molar-refractivity contribution in [2.75, 3.05) is 20.8 Å². The van der Waals surface area contributed by atoms with E-state index in [4.69, 9.17) is 9.47 Å². The second-order valence-corrected chi connectivity index (χ2v) is 3.65. The highest BCUT2D eigenvalue weighted by atomic mass is 16.5. The van der Waals surface area contributed by atoms with Crippen LogP contribution < -0.4 is 9.47 Å². The van der Waals surface area contributed by atoms with Crippen LogP contribution in [0.5, 0.6) is 11.5 Å². The number of hydrogen-bond donors (Lipinski definition) is 1. The molecule has 0 spiro atoms. The molecule has 0 aromatic heterocycles. The minimum absolute atomic E-state index is 0.0805. The first-order valence-corrected chi connectivity index (χ1v) is 5.88. The van der Waals surface area contributed by atoms with Crippen molar-refractivity contribution in [3.05, 3.63) is 29.8 Å². The molecular weight excluding hydrogens is 264 g/mol. The first-order valence-electron chi connectivity index (χ1n) is 5.88. The lowest BCUT2D eigenvalue weighted by atomic mass is 10.1. The van der Waals surface area contributed by atoms with Gasteiger partial charge in [0.05, 0.1) is 20.8 Å². The van der Waals surface area contributed by atoms with Crippen LogP contribution in [0.3, 0.4) is 0 Å². The van der Waals surface area contributed by atoms with E-state index >= 15 is 0 Å². The van der Waals surface area contributed by atoms with Crippen LogP contribution in [0, 0.1) is 0 Å². The first-order chi connectivity index (χ1) is 9.54. The van der Waals surface area contributed by atoms with E-state index in [-0.39, 0.29) is 12.2 Å². The summed E-state index contributed by atoms with van der Waals surface area (Å²) in [4.78, 5) is 22.8. The van der Waals surface area contributed by atoms with Gasteiger partial charge in [-0.05, 0) is 19.1 Å². The fourth-order valence-corrected chi connectivity index (χ4v) is 1.56. The molecule has 1 N–H and O–H groups in total. The van der Waals surface area contributed by atoms with Crippen LogP contribution in [-0.2, 0) is 14.3 Å². The van der Waals surface area contributed by atoms with Gasteiger partial charge in [-0.15, -0.1) is 0 Å². The minimum Gasteiger partial charge on any atom is -0.507 e. The Morgan fingerprint density at radius 2 is 1.75 bits per heavy atom. The highest BCUT2D eigenvalue weighted by molar-refractivity contribution is 6.39. The Morgan fingerprint density at radius 1 is 1.20 bits per heavy atom. The van der Waals surface area contributed by atoms with Crippen molar-refractivity contribution >= 4 is 17.5 Å². The van der Waals surface area contributed by atoms with Crippen molar-refractivity contribution < 1.29 is 28.9 Å². The molecule has 0 amide bonds. The standard InChI is InChI=1S/C14H16O6/c1-4-20-14(17)10(16)8-9(15)13-11(18-2)6-5-7-12(13)19-3/h5-8,15H,4H2,1-3H3. The molecule has 0 radical (unpaired) electrons. The van der Waals surface area contributed by atoms with E-state index in [1.54, 1.807) is 25.1 Å². The van der Waals surface area contributed by atoms with Crippen LogP contribution in [0.1, 0.15) is 12.5 Å². The van der Waals surface area contributed by atoms with Crippen molar-refractivity contribution in [3.63, 3.8) is 0 Å². The van der Waals surface area contributed by atoms with E-state index in [2.05, 4.69) is 4.74 Å². The lowest BCUT2D eigenvalue weighted by Gasteiger charge is -2.12. The summed E-state index contributed by atoms with van der Waals surface area (Å²) >= 11 is 0. The molecule has 1 aromatic carbocycles. The maximum absolute atomic E-state index is 11.5. The van der Waals surface area contributed by atoms with E-state index in [0.717, 1.165) is 6.08 Å². The number of hydrogen-bond acceptors (Lipinski definition) is 6.